The summed E-state index contributed by atoms with van der Waals surface area (Å²) in [7, 11) is -1.89. The molecule has 3 heterocycles. The van der Waals surface area contributed by atoms with Crippen molar-refractivity contribution >= 4 is 38.7 Å². The first-order valence-corrected chi connectivity index (χ1v) is 9.26. The molecule has 1 aliphatic rings. The summed E-state index contributed by atoms with van der Waals surface area (Å²) in [5.74, 6) is -0.368. The molecule has 0 saturated carbocycles. The van der Waals surface area contributed by atoms with E-state index in [1.165, 1.54) is 11.0 Å². The van der Waals surface area contributed by atoms with Crippen molar-refractivity contribution in [1.82, 2.24) is 14.9 Å². The van der Waals surface area contributed by atoms with Gasteiger partial charge >= 0.3 is 0 Å². The highest BCUT2D eigenvalue weighted by molar-refractivity contribution is 7.91. The van der Waals surface area contributed by atoms with Gasteiger partial charge in [-0.15, -0.1) is 11.3 Å². The van der Waals surface area contributed by atoms with Gasteiger partial charge < -0.3 is 4.90 Å². The number of nitrogens with zero attached hydrogens (tertiary/aromatic N) is 3. The van der Waals surface area contributed by atoms with Crippen molar-refractivity contribution in [2.75, 3.05) is 19.3 Å². The van der Waals surface area contributed by atoms with E-state index >= 15 is 0 Å². The summed E-state index contributed by atoms with van der Waals surface area (Å²) in [5.41, 5.74) is 1.31. The SMILES string of the molecule is Cc1cnc(Cl)nc1-c1cc2c(s1)C(=O)N(C)CCS2(=O)=O. The molecule has 0 saturated heterocycles. The molecule has 6 nitrogen and oxygen atoms in total. The number of rotatable bonds is 1. The Morgan fingerprint density at radius 1 is 1.41 bits per heavy atom. The van der Waals surface area contributed by atoms with Gasteiger partial charge in [-0.1, -0.05) is 0 Å². The summed E-state index contributed by atoms with van der Waals surface area (Å²) in [6.45, 7) is 2.00. The van der Waals surface area contributed by atoms with Crippen LogP contribution in [0, 0.1) is 6.92 Å². The van der Waals surface area contributed by atoms with Gasteiger partial charge in [0.25, 0.3) is 5.91 Å². The molecule has 0 N–H and O–H groups in total. The number of carbonyl (C=O) groups is 1. The van der Waals surface area contributed by atoms with Gasteiger partial charge in [-0.05, 0) is 30.2 Å². The summed E-state index contributed by atoms with van der Waals surface area (Å²) in [6, 6.07) is 1.51. The number of hydrogen-bond donors (Lipinski definition) is 0. The highest BCUT2D eigenvalue weighted by Gasteiger charge is 2.32. The minimum atomic E-state index is -3.48. The summed E-state index contributed by atoms with van der Waals surface area (Å²) in [5, 5.41) is 0.0792. The minimum absolute atomic E-state index is 0.0792. The Hall–Kier alpha value is -1.51. The molecule has 0 bridgehead atoms. The second kappa shape index (κ2) is 5.29. The van der Waals surface area contributed by atoms with Crippen LogP contribution >= 0.6 is 22.9 Å². The molecule has 2 aromatic heterocycles. The van der Waals surface area contributed by atoms with Gasteiger partial charge in [0, 0.05) is 19.8 Å². The van der Waals surface area contributed by atoms with Gasteiger partial charge in [0.15, 0.2) is 9.84 Å². The van der Waals surface area contributed by atoms with Crippen molar-refractivity contribution in [2.45, 2.75) is 11.8 Å². The zero-order chi connectivity index (χ0) is 16.1. The predicted octanol–water partition coefficient (Wildman–Crippen LogP) is 2.03. The normalized spacial score (nSPS) is 17.2. The Labute approximate surface area is 136 Å². The van der Waals surface area contributed by atoms with E-state index in [-0.39, 0.29) is 33.3 Å². The van der Waals surface area contributed by atoms with E-state index in [9.17, 15) is 13.2 Å². The fourth-order valence-electron chi connectivity index (χ4n) is 2.18. The number of amides is 1. The van der Waals surface area contributed by atoms with Crippen molar-refractivity contribution in [2.24, 2.45) is 0 Å². The van der Waals surface area contributed by atoms with Crippen LogP contribution < -0.4 is 0 Å². The quantitative estimate of drug-likeness (QED) is 0.729. The van der Waals surface area contributed by atoms with Gasteiger partial charge in [-0.3, -0.25) is 4.79 Å². The number of fused-ring (bicyclic) bond motifs is 1. The zero-order valence-electron chi connectivity index (χ0n) is 11.8. The highest BCUT2D eigenvalue weighted by atomic mass is 35.5. The molecule has 0 fully saturated rings. The first kappa shape index (κ1) is 15.4. The third-order valence-electron chi connectivity index (χ3n) is 3.45. The minimum Gasteiger partial charge on any atom is -0.340 e. The lowest BCUT2D eigenvalue weighted by Crippen LogP contribution is -2.27. The molecule has 22 heavy (non-hydrogen) atoms. The van der Waals surface area contributed by atoms with Crippen LogP contribution in [0.1, 0.15) is 15.2 Å². The van der Waals surface area contributed by atoms with Crippen LogP contribution in [0.4, 0.5) is 0 Å². The van der Waals surface area contributed by atoms with E-state index in [2.05, 4.69) is 9.97 Å². The molecular weight excluding hydrogens is 346 g/mol. The van der Waals surface area contributed by atoms with E-state index in [0.29, 0.717) is 10.6 Å². The monoisotopic (exact) mass is 357 g/mol. The second-order valence-electron chi connectivity index (χ2n) is 5.02. The van der Waals surface area contributed by atoms with Gasteiger partial charge in [-0.2, -0.15) is 0 Å². The maximum atomic E-state index is 12.3. The Morgan fingerprint density at radius 2 is 2.14 bits per heavy atom. The zero-order valence-corrected chi connectivity index (χ0v) is 14.2. The van der Waals surface area contributed by atoms with E-state index in [0.717, 1.165) is 16.9 Å². The van der Waals surface area contributed by atoms with E-state index < -0.39 is 9.84 Å². The van der Waals surface area contributed by atoms with E-state index in [1.54, 1.807) is 20.2 Å². The number of aromatic nitrogens is 2. The van der Waals surface area contributed by atoms with Gasteiger partial charge in [0.1, 0.15) is 4.88 Å². The van der Waals surface area contributed by atoms with Crippen LogP contribution in [0.25, 0.3) is 10.6 Å². The first-order valence-electron chi connectivity index (χ1n) is 6.41. The maximum absolute atomic E-state index is 12.3. The number of aryl methyl sites for hydroxylation is 1. The predicted molar refractivity (Wildman–Crippen MR) is 84.1 cm³/mol. The topological polar surface area (TPSA) is 80.2 Å². The number of halogens is 1. The summed E-state index contributed by atoms with van der Waals surface area (Å²) >= 11 is 6.94. The Balaban J connectivity index is 2.23. The van der Waals surface area contributed by atoms with Gasteiger partial charge in [0.2, 0.25) is 5.28 Å². The van der Waals surface area contributed by atoms with Crippen molar-refractivity contribution < 1.29 is 13.2 Å². The first-order chi connectivity index (χ1) is 10.3. The molecule has 0 aliphatic carbocycles. The molecule has 1 amide bonds. The van der Waals surface area contributed by atoms with Crippen molar-refractivity contribution in [1.29, 1.82) is 0 Å². The number of thiophene rings is 1. The number of hydrogen-bond acceptors (Lipinski definition) is 6. The molecule has 3 rings (SSSR count). The smallest absolute Gasteiger partial charge is 0.265 e. The third kappa shape index (κ3) is 2.51. The lowest BCUT2D eigenvalue weighted by atomic mass is 10.2. The third-order valence-corrected chi connectivity index (χ3v) is 6.60. The molecular formula is C13H12ClN3O3S2. The molecule has 0 spiro atoms. The van der Waals surface area contributed by atoms with Crippen LogP contribution in [-0.2, 0) is 9.84 Å². The Bertz CT molecular complexity index is 877. The van der Waals surface area contributed by atoms with Crippen LogP contribution in [-0.4, -0.2) is 48.5 Å². The van der Waals surface area contributed by atoms with Crippen LogP contribution in [0.3, 0.4) is 0 Å². The summed E-state index contributed by atoms with van der Waals surface area (Å²) < 4.78 is 24.7. The van der Waals surface area contributed by atoms with E-state index in [1.807, 2.05) is 0 Å². The lowest BCUT2D eigenvalue weighted by molar-refractivity contribution is 0.0807. The number of carbonyl (C=O) groups excluding carboxylic acids is 1. The fourth-order valence-corrected chi connectivity index (χ4v) is 5.40. The lowest BCUT2D eigenvalue weighted by Gasteiger charge is -2.12. The largest absolute Gasteiger partial charge is 0.340 e. The van der Waals surface area contributed by atoms with Crippen LogP contribution in [0.5, 0.6) is 0 Å². The average molecular weight is 358 g/mol. The van der Waals surface area contributed by atoms with Crippen LogP contribution in [0.2, 0.25) is 5.28 Å². The van der Waals surface area contributed by atoms with Crippen molar-refractivity contribution in [3.63, 3.8) is 0 Å². The van der Waals surface area contributed by atoms with Crippen molar-refractivity contribution in [3.8, 4) is 10.6 Å². The van der Waals surface area contributed by atoms with E-state index in [4.69, 9.17) is 11.6 Å². The average Bonchev–Trinajstić information content (AvgIpc) is 2.89. The van der Waals surface area contributed by atoms with Crippen LogP contribution in [0.15, 0.2) is 17.2 Å². The summed E-state index contributed by atoms with van der Waals surface area (Å²) in [4.78, 5) is 22.7. The molecule has 0 atom stereocenters. The molecule has 0 radical (unpaired) electrons. The summed E-state index contributed by atoms with van der Waals surface area (Å²) in [6.07, 6.45) is 1.57. The molecule has 0 aromatic carbocycles. The molecule has 116 valence electrons. The molecule has 0 unspecified atom stereocenters. The maximum Gasteiger partial charge on any atom is 0.265 e. The fraction of sp³-hybridized carbons (Fsp3) is 0.308. The Kier molecular flexibility index (Phi) is 3.70. The van der Waals surface area contributed by atoms with Gasteiger partial charge in [0.05, 0.1) is 21.2 Å². The molecule has 2 aromatic rings. The molecule has 1 aliphatic heterocycles. The van der Waals surface area contributed by atoms with Crippen molar-refractivity contribution in [3.05, 3.63) is 28.0 Å². The van der Waals surface area contributed by atoms with Gasteiger partial charge in [-0.25, -0.2) is 18.4 Å². The Morgan fingerprint density at radius 3 is 2.86 bits per heavy atom. The highest BCUT2D eigenvalue weighted by Crippen LogP contribution is 2.37. The molecule has 9 heteroatoms. The second-order valence-corrected chi connectivity index (χ2v) is 8.49. The number of sulfone groups is 1. The standard InChI is InChI=1S/C13H12ClN3O3S2/c1-7-6-15-13(14)16-10(7)8-5-9-11(21-8)12(18)17(2)3-4-22(9,19)20/h5-6H,3-4H2,1-2H3.